The van der Waals surface area contributed by atoms with Crippen molar-refractivity contribution >= 4 is 34.2 Å². The highest BCUT2D eigenvalue weighted by molar-refractivity contribution is 7.99. The van der Waals surface area contributed by atoms with E-state index in [4.69, 9.17) is 4.98 Å². The lowest BCUT2D eigenvalue weighted by Gasteiger charge is -2.22. The minimum absolute atomic E-state index is 0.0620. The first-order chi connectivity index (χ1) is 15.3. The summed E-state index contributed by atoms with van der Waals surface area (Å²) in [5.41, 5.74) is 2.86. The maximum Gasteiger partial charge on any atom is 0.230 e. The molecule has 4 aromatic rings. The van der Waals surface area contributed by atoms with Gasteiger partial charge in [-0.25, -0.2) is 4.98 Å². The van der Waals surface area contributed by atoms with Crippen LogP contribution in [0, 0.1) is 0 Å². The Morgan fingerprint density at radius 2 is 1.77 bits per heavy atom. The minimum Gasteiger partial charge on any atom is -0.353 e. The Morgan fingerprint density at radius 1 is 1.00 bits per heavy atom. The van der Waals surface area contributed by atoms with Crippen molar-refractivity contribution in [1.29, 1.82) is 0 Å². The van der Waals surface area contributed by atoms with E-state index >= 15 is 0 Å². The van der Waals surface area contributed by atoms with Gasteiger partial charge in [0.05, 0.1) is 11.3 Å². The zero-order valence-electron chi connectivity index (χ0n) is 17.3. The summed E-state index contributed by atoms with van der Waals surface area (Å²) in [6.45, 7) is 0. The quantitative estimate of drug-likeness (QED) is 0.458. The molecular weight excluding hydrogens is 406 g/mol. The second-order valence-electron chi connectivity index (χ2n) is 8.04. The van der Waals surface area contributed by atoms with Crippen LogP contribution < -0.4 is 5.32 Å². The lowest BCUT2D eigenvalue weighted by atomic mass is 9.95. The van der Waals surface area contributed by atoms with Gasteiger partial charge >= 0.3 is 0 Å². The van der Waals surface area contributed by atoms with Crippen LogP contribution in [-0.4, -0.2) is 37.3 Å². The second kappa shape index (κ2) is 9.06. The van der Waals surface area contributed by atoms with Crippen molar-refractivity contribution in [3.05, 3.63) is 66.0 Å². The van der Waals surface area contributed by atoms with Gasteiger partial charge in [-0.05, 0) is 30.5 Å². The highest BCUT2D eigenvalue weighted by Crippen LogP contribution is 2.25. The number of carbonyl (C=O) groups excluding carboxylic acids is 1. The molecule has 2 heterocycles. The van der Waals surface area contributed by atoms with Crippen LogP contribution >= 0.6 is 11.8 Å². The molecule has 0 radical (unpaired) electrons. The summed E-state index contributed by atoms with van der Waals surface area (Å²) < 4.78 is 2.01. The molecule has 2 aromatic carbocycles. The van der Waals surface area contributed by atoms with E-state index in [2.05, 4.69) is 27.6 Å². The first-order valence-corrected chi connectivity index (χ1v) is 11.9. The number of nitrogens with zero attached hydrogens (tertiary/aromatic N) is 4. The average molecular weight is 432 g/mol. The number of aromatic nitrogens is 4. The predicted octanol–water partition coefficient (Wildman–Crippen LogP) is 4.41. The van der Waals surface area contributed by atoms with Crippen molar-refractivity contribution < 1.29 is 4.79 Å². The molecule has 0 atom stereocenters. The number of fused-ring (bicyclic) bond motifs is 3. The number of amides is 1. The summed E-state index contributed by atoms with van der Waals surface area (Å²) in [5.74, 6) is 1.27. The largest absolute Gasteiger partial charge is 0.353 e. The van der Waals surface area contributed by atoms with Crippen molar-refractivity contribution in [3.8, 4) is 0 Å². The Kier molecular flexibility index (Phi) is 5.84. The summed E-state index contributed by atoms with van der Waals surface area (Å²) >= 11 is 1.42. The highest BCUT2D eigenvalue weighted by atomic mass is 32.2. The van der Waals surface area contributed by atoms with Gasteiger partial charge < -0.3 is 5.32 Å². The van der Waals surface area contributed by atoms with Crippen LogP contribution in [-0.2, 0) is 11.2 Å². The van der Waals surface area contributed by atoms with Crippen LogP contribution in [0.25, 0.3) is 16.6 Å². The number of nitrogens with one attached hydrogen (secondary N) is 1. The lowest BCUT2D eigenvalue weighted by molar-refractivity contribution is -0.119. The van der Waals surface area contributed by atoms with Gasteiger partial charge in [-0.15, -0.1) is 10.2 Å². The molecule has 2 aromatic heterocycles. The van der Waals surface area contributed by atoms with Gasteiger partial charge in [0.2, 0.25) is 5.91 Å². The molecule has 5 rings (SSSR count). The third-order valence-electron chi connectivity index (χ3n) is 5.79. The fraction of sp³-hybridized carbons (Fsp3) is 0.333. The summed E-state index contributed by atoms with van der Waals surface area (Å²) in [6.07, 6.45) is 6.52. The molecule has 1 N–H and O–H groups in total. The Labute approximate surface area is 185 Å². The van der Waals surface area contributed by atoms with E-state index in [1.54, 1.807) is 0 Å². The molecule has 0 spiro atoms. The normalized spacial score (nSPS) is 14.8. The van der Waals surface area contributed by atoms with E-state index in [1.165, 1.54) is 36.6 Å². The Morgan fingerprint density at radius 3 is 2.61 bits per heavy atom. The number of hydrogen-bond donors (Lipinski definition) is 1. The maximum absolute atomic E-state index is 12.5. The first-order valence-electron chi connectivity index (χ1n) is 10.9. The van der Waals surface area contributed by atoms with Crippen LogP contribution in [0.3, 0.4) is 0 Å². The smallest absolute Gasteiger partial charge is 0.230 e. The Bertz CT molecular complexity index is 1200. The van der Waals surface area contributed by atoms with E-state index in [0.29, 0.717) is 23.4 Å². The third-order valence-corrected chi connectivity index (χ3v) is 6.72. The van der Waals surface area contributed by atoms with Crippen LogP contribution in [0.2, 0.25) is 0 Å². The molecule has 7 heteroatoms. The fourth-order valence-electron chi connectivity index (χ4n) is 4.26. The zero-order valence-corrected chi connectivity index (χ0v) is 18.1. The molecule has 1 amide bonds. The molecule has 158 valence electrons. The van der Waals surface area contributed by atoms with Crippen molar-refractivity contribution in [2.24, 2.45) is 0 Å². The van der Waals surface area contributed by atoms with E-state index in [9.17, 15) is 4.79 Å². The molecular formula is C24H25N5OS. The van der Waals surface area contributed by atoms with Gasteiger partial charge in [0.15, 0.2) is 10.8 Å². The van der Waals surface area contributed by atoms with E-state index in [-0.39, 0.29) is 5.91 Å². The molecule has 31 heavy (non-hydrogen) atoms. The highest BCUT2D eigenvalue weighted by Gasteiger charge is 2.19. The fourth-order valence-corrected chi connectivity index (χ4v) is 5.03. The lowest BCUT2D eigenvalue weighted by Crippen LogP contribution is -2.37. The average Bonchev–Trinajstić information content (AvgIpc) is 3.24. The molecule has 6 nitrogen and oxygen atoms in total. The first kappa shape index (κ1) is 20.0. The standard InChI is InChI=1S/C24H25N5OS/c30-22(25-18-11-5-2-6-12-18)16-31-24-28-27-23-19-13-7-8-14-20(19)26-21(29(23)24)15-17-9-3-1-4-10-17/h1,3-4,7-10,13-14,18H,2,5-6,11-12,15-16H2,(H,25,30). The number of carbonyl (C=O) groups is 1. The molecule has 1 fully saturated rings. The van der Waals surface area contributed by atoms with Gasteiger partial charge in [-0.3, -0.25) is 9.20 Å². The zero-order chi connectivity index (χ0) is 21.0. The minimum atomic E-state index is 0.0620. The number of thioether (sulfide) groups is 1. The monoisotopic (exact) mass is 431 g/mol. The summed E-state index contributed by atoms with van der Waals surface area (Å²) in [4.78, 5) is 17.4. The summed E-state index contributed by atoms with van der Waals surface area (Å²) in [6, 6.07) is 18.6. The molecule has 0 aliphatic heterocycles. The van der Waals surface area contributed by atoms with E-state index in [1.807, 2.05) is 46.9 Å². The number of rotatable bonds is 6. The molecule has 0 bridgehead atoms. The predicted molar refractivity (Wildman–Crippen MR) is 123 cm³/mol. The topological polar surface area (TPSA) is 72.2 Å². The second-order valence-corrected chi connectivity index (χ2v) is 8.98. The van der Waals surface area contributed by atoms with Gasteiger partial charge in [0.1, 0.15) is 5.82 Å². The summed E-state index contributed by atoms with van der Waals surface area (Å²) in [5, 5.41) is 13.7. The molecule has 0 unspecified atom stereocenters. The maximum atomic E-state index is 12.5. The molecule has 1 aliphatic rings. The van der Waals surface area contributed by atoms with Crippen LogP contribution in [0.15, 0.2) is 59.8 Å². The third kappa shape index (κ3) is 4.42. The summed E-state index contributed by atoms with van der Waals surface area (Å²) in [7, 11) is 0. The van der Waals surface area contributed by atoms with Crippen LogP contribution in [0.1, 0.15) is 43.5 Å². The van der Waals surface area contributed by atoms with Gasteiger partial charge in [0, 0.05) is 17.8 Å². The Hall–Kier alpha value is -2.93. The molecule has 0 saturated heterocycles. The van der Waals surface area contributed by atoms with E-state index in [0.717, 1.165) is 35.2 Å². The number of para-hydroxylation sites is 1. The van der Waals surface area contributed by atoms with Crippen molar-refractivity contribution in [1.82, 2.24) is 24.9 Å². The van der Waals surface area contributed by atoms with Gasteiger partial charge in [-0.2, -0.15) is 0 Å². The number of benzene rings is 2. The van der Waals surface area contributed by atoms with Crippen molar-refractivity contribution in [3.63, 3.8) is 0 Å². The van der Waals surface area contributed by atoms with E-state index < -0.39 is 0 Å². The van der Waals surface area contributed by atoms with Gasteiger partial charge in [0.25, 0.3) is 0 Å². The Balaban J connectivity index is 1.44. The van der Waals surface area contributed by atoms with Crippen molar-refractivity contribution in [2.45, 2.75) is 49.7 Å². The SMILES string of the molecule is O=C(CSc1nnc2c3ccccc3nc(Cc3ccccc3)n12)NC1CCCCC1. The van der Waals surface area contributed by atoms with Crippen LogP contribution in [0.4, 0.5) is 0 Å². The van der Waals surface area contributed by atoms with Gasteiger partial charge in [-0.1, -0.05) is 73.5 Å². The van der Waals surface area contributed by atoms with Crippen LogP contribution in [0.5, 0.6) is 0 Å². The molecule has 1 aliphatic carbocycles. The number of hydrogen-bond acceptors (Lipinski definition) is 5. The molecule has 1 saturated carbocycles. The van der Waals surface area contributed by atoms with Crippen molar-refractivity contribution in [2.75, 3.05) is 5.75 Å².